The molecule has 44 heavy (non-hydrogen) atoms. The number of ether oxygens (including phenoxy) is 1. The van der Waals surface area contributed by atoms with Crippen LogP contribution in [0, 0.1) is 6.92 Å². The van der Waals surface area contributed by atoms with E-state index in [0.717, 1.165) is 67.6 Å². The van der Waals surface area contributed by atoms with Crippen LogP contribution < -0.4 is 16.0 Å². The summed E-state index contributed by atoms with van der Waals surface area (Å²) in [5.74, 6) is 0.248. The molecular formula is C35H39N5O4. The fourth-order valence-electron chi connectivity index (χ4n) is 6.37. The number of methoxy groups -OCH3 is 1. The number of hydrogen-bond acceptors (Lipinski definition) is 7. The second-order valence-corrected chi connectivity index (χ2v) is 11.8. The van der Waals surface area contributed by atoms with Crippen molar-refractivity contribution in [3.8, 4) is 11.1 Å². The topological polar surface area (TPSA) is 114 Å². The monoisotopic (exact) mass is 593 g/mol. The van der Waals surface area contributed by atoms with Gasteiger partial charge in [0.25, 0.3) is 5.91 Å². The number of rotatable bonds is 7. The van der Waals surface area contributed by atoms with Crippen molar-refractivity contribution in [2.45, 2.75) is 64.2 Å². The van der Waals surface area contributed by atoms with Crippen molar-refractivity contribution in [2.75, 3.05) is 23.9 Å². The molecule has 1 aliphatic carbocycles. The molecule has 3 aromatic carbocycles. The van der Waals surface area contributed by atoms with Gasteiger partial charge in [-0.15, -0.1) is 0 Å². The highest BCUT2D eigenvalue weighted by molar-refractivity contribution is 6.05. The van der Waals surface area contributed by atoms with Crippen molar-refractivity contribution in [1.29, 1.82) is 0 Å². The number of amides is 2. The minimum Gasteiger partial charge on any atom is -0.453 e. The molecule has 2 aliphatic rings. The summed E-state index contributed by atoms with van der Waals surface area (Å²) in [7, 11) is 1.43. The number of fused-ring (bicyclic) bond motifs is 1. The van der Waals surface area contributed by atoms with Gasteiger partial charge in [-0.05, 0) is 85.0 Å². The molecule has 9 nitrogen and oxygen atoms in total. The molecule has 6 rings (SSSR count). The van der Waals surface area contributed by atoms with Crippen LogP contribution in [0.5, 0.6) is 0 Å². The molecular weight excluding hydrogens is 554 g/mol. The average molecular weight is 594 g/mol. The first kappa shape index (κ1) is 29.4. The molecule has 9 heteroatoms. The number of nitrogens with one attached hydrogen (secondary N) is 1. The Labute approximate surface area is 258 Å². The van der Waals surface area contributed by atoms with Crippen LogP contribution >= 0.6 is 0 Å². The lowest BCUT2D eigenvalue weighted by atomic mass is 9.90. The van der Waals surface area contributed by atoms with Crippen LogP contribution in [0.25, 0.3) is 11.1 Å². The van der Waals surface area contributed by atoms with Crippen LogP contribution in [0.4, 0.5) is 16.2 Å². The molecule has 0 spiro atoms. The molecule has 228 valence electrons. The molecule has 1 fully saturated rings. The second kappa shape index (κ2) is 12.9. The fourth-order valence-corrected chi connectivity index (χ4v) is 6.37. The van der Waals surface area contributed by atoms with Crippen LogP contribution in [0.1, 0.15) is 58.6 Å². The minimum absolute atomic E-state index is 0.0989. The smallest absolute Gasteiger partial charge is 0.410 e. The van der Waals surface area contributed by atoms with Crippen LogP contribution in [-0.4, -0.2) is 47.8 Å². The summed E-state index contributed by atoms with van der Waals surface area (Å²) in [5, 5.41) is 7.02. The van der Waals surface area contributed by atoms with E-state index in [9.17, 15) is 9.59 Å². The lowest BCUT2D eigenvalue weighted by Crippen LogP contribution is -2.43. The van der Waals surface area contributed by atoms with Gasteiger partial charge in [0, 0.05) is 37.8 Å². The van der Waals surface area contributed by atoms with Crippen molar-refractivity contribution < 1.29 is 18.8 Å². The lowest BCUT2D eigenvalue weighted by Gasteiger charge is -2.35. The summed E-state index contributed by atoms with van der Waals surface area (Å²) in [5.41, 5.74) is 13.6. The Kier molecular flexibility index (Phi) is 8.65. The predicted octanol–water partition coefficient (Wildman–Crippen LogP) is 6.30. The fraction of sp³-hybridized carbons (Fsp3) is 0.343. The standard InChI is InChI=1S/C35H39N5O4/c1-23-18-32(38-44-23)34(41)37-31-20-27(10-15-33(31)39-17-16-25-7-3-4-8-28(25)22-39)26-9-5-6-24(19-26)21-40(35(42)43-2)30-13-11-29(36)12-14-30/h3-10,15,18-20,29-30H,11-14,16-17,21-22,36H2,1-2H3,(H,37,41). The van der Waals surface area contributed by atoms with E-state index >= 15 is 0 Å². The number of carbonyl (C=O) groups is 2. The molecule has 1 aromatic heterocycles. The van der Waals surface area contributed by atoms with E-state index in [-0.39, 0.29) is 29.8 Å². The van der Waals surface area contributed by atoms with Gasteiger partial charge in [0.05, 0.1) is 18.5 Å². The first-order valence-corrected chi connectivity index (χ1v) is 15.3. The Balaban J connectivity index is 1.30. The highest BCUT2D eigenvalue weighted by Gasteiger charge is 2.29. The maximum absolute atomic E-state index is 13.2. The molecule has 0 unspecified atom stereocenters. The number of benzene rings is 3. The predicted molar refractivity (Wildman–Crippen MR) is 170 cm³/mol. The van der Waals surface area contributed by atoms with Crippen molar-refractivity contribution in [2.24, 2.45) is 5.73 Å². The van der Waals surface area contributed by atoms with Gasteiger partial charge in [-0.1, -0.05) is 53.7 Å². The molecule has 2 heterocycles. The Morgan fingerprint density at radius 3 is 2.52 bits per heavy atom. The highest BCUT2D eigenvalue weighted by atomic mass is 16.5. The molecule has 1 aliphatic heterocycles. The van der Waals surface area contributed by atoms with Crippen molar-refractivity contribution >= 4 is 23.4 Å². The number of nitrogens with zero attached hydrogens (tertiary/aromatic N) is 3. The summed E-state index contributed by atoms with van der Waals surface area (Å²) in [4.78, 5) is 30.2. The molecule has 1 saturated carbocycles. The number of aryl methyl sites for hydroxylation is 1. The van der Waals surface area contributed by atoms with E-state index in [2.05, 4.69) is 57.8 Å². The SMILES string of the molecule is COC(=O)N(Cc1cccc(-c2ccc(N3CCc4ccccc4C3)c(NC(=O)c3cc(C)on3)c2)c1)C1CCC(N)CC1. The normalized spacial score (nSPS) is 17.9. The Morgan fingerprint density at radius 2 is 1.77 bits per heavy atom. The third kappa shape index (κ3) is 6.48. The zero-order valence-corrected chi connectivity index (χ0v) is 25.3. The highest BCUT2D eigenvalue weighted by Crippen LogP contribution is 2.35. The summed E-state index contributed by atoms with van der Waals surface area (Å²) < 4.78 is 10.3. The van der Waals surface area contributed by atoms with Gasteiger partial charge in [0.15, 0.2) is 5.69 Å². The van der Waals surface area contributed by atoms with E-state index in [1.165, 1.54) is 18.2 Å². The molecule has 4 aromatic rings. The quantitative estimate of drug-likeness (QED) is 0.258. The Hall–Kier alpha value is -4.63. The molecule has 0 atom stereocenters. The average Bonchev–Trinajstić information content (AvgIpc) is 3.50. The third-order valence-electron chi connectivity index (χ3n) is 8.78. The first-order valence-electron chi connectivity index (χ1n) is 15.3. The van der Waals surface area contributed by atoms with Crippen LogP contribution in [0.3, 0.4) is 0 Å². The summed E-state index contributed by atoms with van der Waals surface area (Å²) >= 11 is 0. The summed E-state index contributed by atoms with van der Waals surface area (Å²) in [6.07, 6.45) is 4.14. The zero-order valence-electron chi connectivity index (χ0n) is 25.3. The van der Waals surface area contributed by atoms with Crippen molar-refractivity contribution in [3.05, 3.63) is 101 Å². The van der Waals surface area contributed by atoms with Crippen molar-refractivity contribution in [1.82, 2.24) is 10.1 Å². The zero-order chi connectivity index (χ0) is 30.6. The molecule has 2 amide bonds. The third-order valence-corrected chi connectivity index (χ3v) is 8.78. The number of hydrogen-bond donors (Lipinski definition) is 2. The van der Waals surface area contributed by atoms with Gasteiger partial charge in [0.1, 0.15) is 5.76 Å². The van der Waals surface area contributed by atoms with E-state index in [0.29, 0.717) is 18.0 Å². The van der Waals surface area contributed by atoms with Gasteiger partial charge in [-0.3, -0.25) is 4.79 Å². The summed E-state index contributed by atoms with van der Waals surface area (Å²) in [6.45, 7) is 3.80. The minimum atomic E-state index is -0.327. The number of aromatic nitrogens is 1. The van der Waals surface area contributed by atoms with Gasteiger partial charge in [0.2, 0.25) is 0 Å². The number of anilines is 2. The van der Waals surface area contributed by atoms with Crippen molar-refractivity contribution in [3.63, 3.8) is 0 Å². The van der Waals surface area contributed by atoms with Crippen LogP contribution in [-0.2, 0) is 24.2 Å². The van der Waals surface area contributed by atoms with Crippen LogP contribution in [0.15, 0.2) is 77.3 Å². The number of nitrogens with two attached hydrogens (primary N) is 1. The maximum atomic E-state index is 13.2. The largest absolute Gasteiger partial charge is 0.453 e. The van der Waals surface area contributed by atoms with Crippen LogP contribution in [0.2, 0.25) is 0 Å². The second-order valence-electron chi connectivity index (χ2n) is 11.8. The Bertz CT molecular complexity index is 1640. The van der Waals surface area contributed by atoms with Gasteiger partial charge < -0.3 is 30.1 Å². The van der Waals surface area contributed by atoms with E-state index in [4.69, 9.17) is 15.0 Å². The molecule has 0 saturated heterocycles. The van der Waals surface area contributed by atoms with E-state index in [1.807, 2.05) is 29.2 Å². The van der Waals surface area contributed by atoms with Gasteiger partial charge >= 0.3 is 6.09 Å². The summed E-state index contributed by atoms with van der Waals surface area (Å²) in [6, 6.07) is 24.8. The van der Waals surface area contributed by atoms with E-state index in [1.54, 1.807) is 13.0 Å². The maximum Gasteiger partial charge on any atom is 0.410 e. The molecule has 0 radical (unpaired) electrons. The van der Waals surface area contributed by atoms with Gasteiger partial charge in [-0.2, -0.15) is 0 Å². The molecule has 3 N–H and O–H groups in total. The first-order chi connectivity index (χ1) is 21.4. The Morgan fingerprint density at radius 1 is 1.00 bits per heavy atom. The van der Waals surface area contributed by atoms with Gasteiger partial charge in [-0.25, -0.2) is 4.79 Å². The molecule has 0 bridgehead atoms. The van der Waals surface area contributed by atoms with E-state index < -0.39 is 0 Å². The lowest BCUT2D eigenvalue weighted by molar-refractivity contribution is 0.0879. The number of carbonyl (C=O) groups excluding carboxylic acids is 2.